The zero-order valence-electron chi connectivity index (χ0n) is 23.3. The Balaban J connectivity index is 0.00000302. The predicted octanol–water partition coefficient (Wildman–Crippen LogP) is 8.37. The molecule has 0 aromatic heterocycles. The Hall–Kier alpha value is -3.17. The van der Waals surface area contributed by atoms with Crippen molar-refractivity contribution in [1.29, 1.82) is 0 Å². The van der Waals surface area contributed by atoms with E-state index >= 15 is 0 Å². The van der Waals surface area contributed by atoms with Crippen LogP contribution in [0.2, 0.25) is 0 Å². The molecule has 0 radical (unpaired) electrons. The Kier molecular flexibility index (Phi) is 6.81. The number of benzene rings is 4. The first kappa shape index (κ1) is 28.0. The van der Waals surface area contributed by atoms with E-state index in [2.05, 4.69) is 125 Å². The fraction of sp³-hybridized carbons (Fsp3) is 0.167. The molecule has 0 amide bonds. The molecule has 0 atom stereocenters. The van der Waals surface area contributed by atoms with E-state index < -0.39 is 10.8 Å². The molecule has 0 saturated heterocycles. The van der Waals surface area contributed by atoms with Gasteiger partial charge >= 0.3 is 21.1 Å². The third kappa shape index (κ3) is 4.22. The smallest absolute Gasteiger partial charge is 0.779 e. The van der Waals surface area contributed by atoms with Crippen LogP contribution in [0.5, 0.6) is 0 Å². The Morgan fingerprint density at radius 2 is 0.854 bits per heavy atom. The van der Waals surface area contributed by atoms with Gasteiger partial charge in [-0.2, -0.15) is 9.79 Å². The van der Waals surface area contributed by atoms with E-state index in [1.807, 2.05) is 0 Å². The third-order valence-corrected chi connectivity index (χ3v) is 9.50. The van der Waals surface area contributed by atoms with Crippen LogP contribution >= 0.6 is 0 Å². The summed E-state index contributed by atoms with van der Waals surface area (Å²) in [6.07, 6.45) is 4.30. The van der Waals surface area contributed by atoms with Crippen LogP contribution in [0.3, 0.4) is 0 Å². The van der Waals surface area contributed by atoms with E-state index in [0.29, 0.717) is 0 Å². The van der Waals surface area contributed by atoms with Gasteiger partial charge in [0, 0.05) is 33.1 Å². The summed E-state index contributed by atoms with van der Waals surface area (Å²) in [5.74, 6) is 0. The monoisotopic (exact) mass is 747 g/mol. The fourth-order valence-electron chi connectivity index (χ4n) is 6.35. The second-order valence-electron chi connectivity index (χ2n) is 11.8. The largest absolute Gasteiger partial charge is 2.00 e. The molecule has 0 fully saturated rings. The minimum absolute atomic E-state index is 0. The normalized spacial score (nSPS) is 19.8. The van der Waals surface area contributed by atoms with Gasteiger partial charge in [-0.05, 0) is 23.3 Å². The SMILES string of the molecule is CC1(C)C2=N/C(=C\c3cccc(c3[S-])C(C)(C)C3=N/C(=C\c4cccc1c4[S-])c1ccccc13)c1ccccc12.[Pt+2]. The predicted molar refractivity (Wildman–Crippen MR) is 172 cm³/mol. The van der Waals surface area contributed by atoms with Crippen LogP contribution in [0.4, 0.5) is 0 Å². The third-order valence-electron chi connectivity index (χ3n) is 8.59. The maximum Gasteiger partial charge on any atom is 2.00 e. The van der Waals surface area contributed by atoms with E-state index in [9.17, 15) is 0 Å². The molecule has 204 valence electrons. The van der Waals surface area contributed by atoms with Crippen LogP contribution in [0.25, 0.3) is 23.5 Å². The maximum atomic E-state index is 6.18. The van der Waals surface area contributed by atoms with Crippen LogP contribution in [0, 0.1) is 0 Å². The average molecular weight is 748 g/mol. The summed E-state index contributed by atoms with van der Waals surface area (Å²) in [4.78, 5) is 12.2. The molecule has 41 heavy (non-hydrogen) atoms. The van der Waals surface area contributed by atoms with Crippen LogP contribution in [-0.4, -0.2) is 11.4 Å². The van der Waals surface area contributed by atoms with Gasteiger partial charge < -0.3 is 25.3 Å². The van der Waals surface area contributed by atoms with Crippen molar-refractivity contribution in [3.05, 3.63) is 129 Å². The van der Waals surface area contributed by atoms with E-state index in [0.717, 1.165) is 77.1 Å². The molecule has 8 bridgehead atoms. The molecule has 4 aromatic carbocycles. The van der Waals surface area contributed by atoms with Crippen molar-refractivity contribution < 1.29 is 21.1 Å². The zero-order valence-corrected chi connectivity index (χ0v) is 27.2. The number of nitrogens with zero attached hydrogens (tertiary/aromatic N) is 2. The molecule has 0 spiro atoms. The summed E-state index contributed by atoms with van der Waals surface area (Å²) in [6.45, 7) is 8.89. The first-order valence-electron chi connectivity index (χ1n) is 13.6. The molecule has 0 aliphatic carbocycles. The number of rotatable bonds is 0. The van der Waals surface area contributed by atoms with Gasteiger partial charge in [0.2, 0.25) is 0 Å². The van der Waals surface area contributed by atoms with Gasteiger partial charge in [-0.3, -0.25) is 9.98 Å². The van der Waals surface area contributed by atoms with Crippen LogP contribution in [-0.2, 0) is 57.2 Å². The molecule has 2 nitrogen and oxygen atoms in total. The van der Waals surface area contributed by atoms with E-state index in [1.54, 1.807) is 0 Å². The number of fused-ring (bicyclic) bond motifs is 12. The summed E-state index contributed by atoms with van der Waals surface area (Å²) in [6, 6.07) is 29.6. The molecule has 3 aliphatic heterocycles. The summed E-state index contributed by atoms with van der Waals surface area (Å²) in [7, 11) is 0. The molecular formula is C36H28N2PtS2. The van der Waals surface area contributed by atoms with Gasteiger partial charge in [0.25, 0.3) is 0 Å². The Labute approximate surface area is 267 Å². The van der Waals surface area contributed by atoms with Crippen LogP contribution < -0.4 is 0 Å². The molecule has 7 rings (SSSR count). The maximum absolute atomic E-state index is 6.18. The standard InChI is InChI=1S/C36H30N2S2.Pt/c1-35(2)27-17-9-11-21(31(27)39)19-30-24-14-6-8-16-26(24)34(38-30)36(3,4)28-18-10-12-22(32(28)40)20-29-23-13-5-7-15-25(23)33(35)37-29;/h5-20,39-40H,1-4H3;/q;+2/p-2/b29-20-,30-19-;. The van der Waals surface area contributed by atoms with Crippen molar-refractivity contribution in [2.45, 2.75) is 48.3 Å². The number of aliphatic imine (C=N–C) groups is 2. The number of hydrogen-bond acceptors (Lipinski definition) is 4. The quantitative estimate of drug-likeness (QED) is 0.169. The minimum Gasteiger partial charge on any atom is -0.779 e. The van der Waals surface area contributed by atoms with Gasteiger partial charge in [-0.15, -0.1) is 0 Å². The Bertz CT molecular complexity index is 1740. The molecule has 3 heterocycles. The zero-order chi connectivity index (χ0) is 27.8. The molecule has 5 heteroatoms. The van der Waals surface area contributed by atoms with Crippen LogP contribution in [0.1, 0.15) is 72.2 Å². The first-order chi connectivity index (χ1) is 19.2. The van der Waals surface area contributed by atoms with Crippen LogP contribution in [0.15, 0.2) is 105 Å². The molecule has 4 aromatic rings. The van der Waals surface area contributed by atoms with Gasteiger partial charge in [-0.1, -0.05) is 124 Å². The average Bonchev–Trinajstić information content (AvgIpc) is 3.50. The first-order valence-corrected chi connectivity index (χ1v) is 14.4. The topological polar surface area (TPSA) is 24.7 Å². The van der Waals surface area contributed by atoms with Crippen molar-refractivity contribution in [2.75, 3.05) is 0 Å². The molecule has 0 N–H and O–H groups in total. The van der Waals surface area contributed by atoms with E-state index in [1.165, 1.54) is 0 Å². The van der Waals surface area contributed by atoms with E-state index in [4.69, 9.17) is 35.2 Å². The molecule has 0 saturated carbocycles. The van der Waals surface area contributed by atoms with Crippen molar-refractivity contribution in [3.63, 3.8) is 0 Å². The van der Waals surface area contributed by atoms with E-state index in [-0.39, 0.29) is 21.1 Å². The summed E-state index contributed by atoms with van der Waals surface area (Å²) < 4.78 is 0. The second kappa shape index (κ2) is 9.98. The Morgan fingerprint density at radius 1 is 0.488 bits per heavy atom. The summed E-state index contributed by atoms with van der Waals surface area (Å²) >= 11 is 12.4. The van der Waals surface area contributed by atoms with Gasteiger partial charge in [0.15, 0.2) is 0 Å². The minimum atomic E-state index is -0.420. The number of hydrogen-bond donors (Lipinski definition) is 0. The second-order valence-corrected chi connectivity index (χ2v) is 12.6. The van der Waals surface area contributed by atoms with Crippen molar-refractivity contribution in [2.24, 2.45) is 9.98 Å². The van der Waals surface area contributed by atoms with Crippen molar-refractivity contribution in [3.8, 4) is 0 Å². The molecular weight excluding hydrogens is 720 g/mol. The molecule has 3 aliphatic rings. The fourth-order valence-corrected chi connectivity index (χ4v) is 7.25. The summed E-state index contributed by atoms with van der Waals surface area (Å²) in [5.41, 5.74) is 11.7. The van der Waals surface area contributed by atoms with Crippen molar-refractivity contribution >= 4 is 60.2 Å². The Morgan fingerprint density at radius 3 is 1.24 bits per heavy atom. The van der Waals surface area contributed by atoms with Gasteiger partial charge in [-0.25, -0.2) is 0 Å². The van der Waals surface area contributed by atoms with Gasteiger partial charge in [0.05, 0.1) is 22.8 Å². The van der Waals surface area contributed by atoms with Crippen molar-refractivity contribution in [1.82, 2.24) is 0 Å². The van der Waals surface area contributed by atoms with Gasteiger partial charge in [0.1, 0.15) is 0 Å². The molecule has 0 unspecified atom stereocenters. The summed E-state index contributed by atoms with van der Waals surface area (Å²) in [5, 5.41) is 0.